The van der Waals surface area contributed by atoms with E-state index in [0.29, 0.717) is 11.7 Å². The maximum atomic E-state index is 12.1. The first kappa shape index (κ1) is 21.7. The number of aliphatic imine (C=N–C) groups is 2. The fourth-order valence-electron chi connectivity index (χ4n) is 1.80. The van der Waals surface area contributed by atoms with Crippen LogP contribution in [-0.4, -0.2) is 44.6 Å². The third-order valence-corrected chi connectivity index (χ3v) is 6.89. The molecular weight excluding hydrogens is 424 g/mol. The first-order valence-electron chi connectivity index (χ1n) is 7.70. The Morgan fingerprint density at radius 1 is 1.30 bits per heavy atom. The minimum atomic E-state index is -3.58. The van der Waals surface area contributed by atoms with Crippen molar-refractivity contribution in [2.45, 2.75) is 15.5 Å². The van der Waals surface area contributed by atoms with Crippen molar-refractivity contribution in [2.75, 3.05) is 18.6 Å². The van der Waals surface area contributed by atoms with Crippen molar-refractivity contribution in [2.24, 2.45) is 15.8 Å². The standard InChI is InChI=1S/C15H20N6O2S4/c1-24-13-2-4-14(5-3-13)27(22,23)20-10-17-6-7-25-8-12-9-26-15(21-12)18-11-19-16/h2-5,9-11H,6-8,16H2,1H3,(H,17,20)(H,18,19,21). The number of rotatable bonds is 11. The van der Waals surface area contributed by atoms with Crippen LogP contribution in [0.4, 0.5) is 5.13 Å². The molecule has 0 aliphatic heterocycles. The summed E-state index contributed by atoms with van der Waals surface area (Å²) in [6, 6.07) is 6.70. The SMILES string of the molecule is CSc1ccc(S(=O)(=O)NC=NCCSCc2csc(/N=C/NN)n2)cc1. The normalized spacial score (nSPS) is 12.1. The third-order valence-electron chi connectivity index (χ3n) is 3.07. The Morgan fingerprint density at radius 3 is 2.78 bits per heavy atom. The van der Waals surface area contributed by atoms with Gasteiger partial charge in [0.1, 0.15) is 6.34 Å². The fourth-order valence-corrected chi connectivity index (χ4v) is 4.56. The summed E-state index contributed by atoms with van der Waals surface area (Å²) in [5.74, 6) is 6.60. The van der Waals surface area contributed by atoms with Crippen LogP contribution in [0.2, 0.25) is 0 Å². The van der Waals surface area contributed by atoms with Gasteiger partial charge >= 0.3 is 0 Å². The van der Waals surface area contributed by atoms with Gasteiger partial charge in [-0.2, -0.15) is 11.8 Å². The highest BCUT2D eigenvalue weighted by Crippen LogP contribution is 2.21. The van der Waals surface area contributed by atoms with Gasteiger partial charge in [0.05, 0.1) is 16.9 Å². The van der Waals surface area contributed by atoms with Crippen LogP contribution < -0.4 is 16.0 Å². The van der Waals surface area contributed by atoms with Gasteiger partial charge in [-0.3, -0.25) is 9.71 Å². The number of nitrogens with two attached hydrogens (primary N) is 1. The van der Waals surface area contributed by atoms with Gasteiger partial charge in [-0.1, -0.05) is 0 Å². The number of nitrogens with one attached hydrogen (secondary N) is 2. The molecule has 0 unspecified atom stereocenters. The molecule has 4 N–H and O–H groups in total. The number of hydrogen-bond acceptors (Lipinski definition) is 9. The van der Waals surface area contributed by atoms with Crippen LogP contribution in [-0.2, 0) is 15.8 Å². The van der Waals surface area contributed by atoms with Gasteiger partial charge < -0.3 is 5.43 Å². The summed E-state index contributed by atoms with van der Waals surface area (Å²) in [5, 5.41) is 2.58. The molecule has 0 saturated carbocycles. The van der Waals surface area contributed by atoms with E-state index in [1.807, 2.05) is 11.6 Å². The van der Waals surface area contributed by atoms with Crippen molar-refractivity contribution in [3.8, 4) is 0 Å². The molecular formula is C15H20N6O2S4. The molecule has 2 rings (SSSR count). The summed E-state index contributed by atoms with van der Waals surface area (Å²) in [7, 11) is -3.58. The van der Waals surface area contributed by atoms with Gasteiger partial charge in [0.25, 0.3) is 10.0 Å². The number of aromatic nitrogens is 1. The Bertz CT molecular complexity index is 865. The number of nitrogens with zero attached hydrogens (tertiary/aromatic N) is 3. The summed E-state index contributed by atoms with van der Waals surface area (Å²) >= 11 is 4.66. The second-order valence-corrected chi connectivity index (χ2v) is 9.47. The van der Waals surface area contributed by atoms with Gasteiger partial charge in [-0.05, 0) is 30.5 Å². The summed E-state index contributed by atoms with van der Waals surface area (Å²) in [5.41, 5.74) is 3.27. The maximum Gasteiger partial charge on any atom is 0.262 e. The van der Waals surface area contributed by atoms with Gasteiger partial charge in [-0.25, -0.2) is 24.2 Å². The summed E-state index contributed by atoms with van der Waals surface area (Å²) in [4.78, 5) is 13.7. The van der Waals surface area contributed by atoms with E-state index in [1.54, 1.807) is 47.8 Å². The Kier molecular flexibility index (Phi) is 9.07. The lowest BCUT2D eigenvalue weighted by atomic mass is 10.4. The van der Waals surface area contributed by atoms with Crippen molar-refractivity contribution in [3.05, 3.63) is 35.3 Å². The van der Waals surface area contributed by atoms with Crippen LogP contribution in [0.5, 0.6) is 0 Å². The van der Waals surface area contributed by atoms with Crippen molar-refractivity contribution >= 4 is 62.7 Å². The quantitative estimate of drug-likeness (QED) is 0.121. The molecule has 8 nitrogen and oxygen atoms in total. The molecule has 0 amide bonds. The summed E-state index contributed by atoms with van der Waals surface area (Å²) in [6.07, 6.45) is 4.55. The topological polar surface area (TPSA) is 122 Å². The second-order valence-electron chi connectivity index (χ2n) is 4.93. The zero-order valence-corrected chi connectivity index (χ0v) is 17.8. The highest BCUT2D eigenvalue weighted by Gasteiger charge is 2.11. The van der Waals surface area contributed by atoms with E-state index in [0.717, 1.165) is 22.1 Å². The fraction of sp³-hybridized carbons (Fsp3) is 0.267. The minimum Gasteiger partial charge on any atom is -0.315 e. The summed E-state index contributed by atoms with van der Waals surface area (Å²) in [6.45, 7) is 0.505. The average Bonchev–Trinajstić information content (AvgIpc) is 3.13. The van der Waals surface area contributed by atoms with Crippen molar-refractivity contribution in [1.82, 2.24) is 15.1 Å². The van der Waals surface area contributed by atoms with E-state index in [9.17, 15) is 8.42 Å². The highest BCUT2D eigenvalue weighted by molar-refractivity contribution is 7.98. The van der Waals surface area contributed by atoms with Gasteiger partial charge in [-0.15, -0.1) is 23.1 Å². The van der Waals surface area contributed by atoms with Crippen LogP contribution in [0, 0.1) is 0 Å². The van der Waals surface area contributed by atoms with Crippen LogP contribution >= 0.6 is 34.9 Å². The lowest BCUT2D eigenvalue weighted by molar-refractivity contribution is 0.593. The number of hydrogen-bond donors (Lipinski definition) is 3. The molecule has 0 aliphatic rings. The molecule has 0 spiro atoms. The maximum absolute atomic E-state index is 12.1. The first-order chi connectivity index (χ1) is 13.0. The predicted molar refractivity (Wildman–Crippen MR) is 116 cm³/mol. The number of sulfonamides is 1. The van der Waals surface area contributed by atoms with E-state index < -0.39 is 10.0 Å². The minimum absolute atomic E-state index is 0.216. The van der Waals surface area contributed by atoms with Crippen molar-refractivity contribution in [3.63, 3.8) is 0 Å². The highest BCUT2D eigenvalue weighted by atomic mass is 32.2. The Labute approximate surface area is 171 Å². The molecule has 0 radical (unpaired) electrons. The van der Waals surface area contributed by atoms with E-state index in [-0.39, 0.29) is 4.90 Å². The van der Waals surface area contributed by atoms with Crippen molar-refractivity contribution in [1.29, 1.82) is 0 Å². The zero-order valence-electron chi connectivity index (χ0n) is 14.5. The smallest absolute Gasteiger partial charge is 0.262 e. The average molecular weight is 445 g/mol. The van der Waals surface area contributed by atoms with E-state index in [2.05, 4.69) is 25.1 Å². The summed E-state index contributed by atoms with van der Waals surface area (Å²) < 4.78 is 26.6. The largest absolute Gasteiger partial charge is 0.315 e. The first-order valence-corrected chi connectivity index (χ1v) is 12.4. The third kappa shape index (κ3) is 7.50. The molecule has 0 atom stereocenters. The van der Waals surface area contributed by atoms with Crippen LogP contribution in [0.1, 0.15) is 5.69 Å². The van der Waals surface area contributed by atoms with E-state index in [1.165, 1.54) is 24.0 Å². The number of thioether (sulfide) groups is 2. The monoisotopic (exact) mass is 444 g/mol. The lowest BCUT2D eigenvalue weighted by Gasteiger charge is -2.04. The predicted octanol–water partition coefficient (Wildman–Crippen LogP) is 2.23. The number of benzene rings is 1. The van der Waals surface area contributed by atoms with Gasteiger partial charge in [0.15, 0.2) is 0 Å². The van der Waals surface area contributed by atoms with Crippen LogP contribution in [0.25, 0.3) is 0 Å². The van der Waals surface area contributed by atoms with E-state index in [4.69, 9.17) is 5.84 Å². The lowest BCUT2D eigenvalue weighted by Crippen LogP contribution is -2.22. The molecule has 12 heteroatoms. The van der Waals surface area contributed by atoms with Gasteiger partial charge in [0.2, 0.25) is 5.13 Å². The van der Waals surface area contributed by atoms with Crippen LogP contribution in [0.3, 0.4) is 0 Å². The number of thiazole rings is 1. The molecule has 0 bridgehead atoms. The number of hydrazine groups is 1. The van der Waals surface area contributed by atoms with Crippen molar-refractivity contribution < 1.29 is 8.42 Å². The van der Waals surface area contributed by atoms with Gasteiger partial charge in [0, 0.05) is 28.3 Å². The Hall–Kier alpha value is -1.60. The molecule has 0 saturated heterocycles. The molecule has 1 heterocycles. The molecule has 2 aromatic rings. The zero-order chi connectivity index (χ0) is 19.5. The molecule has 1 aromatic heterocycles. The van der Waals surface area contributed by atoms with Crippen LogP contribution in [0.15, 0.2) is 49.4 Å². The Morgan fingerprint density at radius 2 is 2.07 bits per heavy atom. The molecule has 0 fully saturated rings. The molecule has 146 valence electrons. The van der Waals surface area contributed by atoms with E-state index >= 15 is 0 Å². The second kappa shape index (κ2) is 11.3. The molecule has 0 aliphatic carbocycles. The molecule has 1 aromatic carbocycles. The Balaban J connectivity index is 1.69. The molecule has 27 heavy (non-hydrogen) atoms.